The van der Waals surface area contributed by atoms with Gasteiger partial charge in [0.2, 0.25) is 0 Å². The lowest BCUT2D eigenvalue weighted by molar-refractivity contribution is -0.138. The molecule has 0 aliphatic carbocycles. The number of hydrogen-bond donors (Lipinski definition) is 3. The summed E-state index contributed by atoms with van der Waals surface area (Å²) in [5.74, 6) is 0. The number of aromatic nitrogens is 1. The molecule has 4 aromatic rings. The molecule has 0 aliphatic heterocycles. The molecule has 0 atom stereocenters. The van der Waals surface area contributed by atoms with Gasteiger partial charge in [-0.3, -0.25) is 4.98 Å². The van der Waals surface area contributed by atoms with Crippen molar-refractivity contribution in [1.29, 1.82) is 0 Å². The van der Waals surface area contributed by atoms with Crippen molar-refractivity contribution in [2.45, 2.75) is 25.4 Å². The summed E-state index contributed by atoms with van der Waals surface area (Å²) in [6.07, 6.45) is -5.38. The number of carbonyl (C=O) groups excluding carboxylic acids is 1. The summed E-state index contributed by atoms with van der Waals surface area (Å²) in [4.78, 5) is 16.1. The average molecular weight is 520 g/mol. The maximum Gasteiger partial charge on any atom is 0.416 e. The van der Waals surface area contributed by atoms with Crippen molar-refractivity contribution >= 4 is 22.5 Å². The molecule has 0 radical (unpaired) electrons. The van der Waals surface area contributed by atoms with Gasteiger partial charge in [0.15, 0.2) is 0 Å². The first-order chi connectivity index (χ1) is 17.5. The molecule has 11 heteroatoms. The number of nitrogens with two attached hydrogens (primary N) is 1. The minimum absolute atomic E-state index is 0.0118. The van der Waals surface area contributed by atoms with Gasteiger partial charge in [0.05, 0.1) is 16.8 Å². The average Bonchev–Trinajstić information content (AvgIpc) is 2.87. The van der Waals surface area contributed by atoms with Crippen LogP contribution in [0.4, 0.5) is 36.8 Å². The van der Waals surface area contributed by atoms with Gasteiger partial charge in [-0.25, -0.2) is 4.79 Å². The highest BCUT2D eigenvalue weighted by Crippen LogP contribution is 2.30. The Bertz CT molecular complexity index is 1350. The Labute approximate surface area is 208 Å². The number of urea groups is 1. The van der Waals surface area contributed by atoms with Crippen LogP contribution in [0.2, 0.25) is 0 Å². The van der Waals surface area contributed by atoms with Crippen molar-refractivity contribution in [3.63, 3.8) is 0 Å². The van der Waals surface area contributed by atoms with E-state index in [-0.39, 0.29) is 13.1 Å². The van der Waals surface area contributed by atoms with E-state index in [0.29, 0.717) is 16.8 Å². The van der Waals surface area contributed by atoms with Gasteiger partial charge in [-0.15, -0.1) is 0 Å². The number of carbonyl (C=O) groups is 1. The number of benzene rings is 3. The second kappa shape index (κ2) is 11.7. The van der Waals surface area contributed by atoms with Crippen LogP contribution in [0.25, 0.3) is 10.8 Å². The molecule has 0 unspecified atom stereocenters. The van der Waals surface area contributed by atoms with Gasteiger partial charge >= 0.3 is 18.4 Å². The number of hydrogen-bond acceptors (Lipinski definition) is 3. The Morgan fingerprint density at radius 2 is 1.41 bits per heavy atom. The molecule has 2 amide bonds. The normalized spacial score (nSPS) is 11.4. The SMILES string of the molecule is NCc1cccc(C(F)(F)F)c1.O=C(NCc1cccc(C(F)(F)F)c1)Nc1cccc2cnccc12. The number of nitrogens with one attached hydrogen (secondary N) is 2. The molecule has 194 valence electrons. The van der Waals surface area contributed by atoms with Crippen molar-refractivity contribution in [3.05, 3.63) is 107 Å². The molecule has 5 nitrogen and oxygen atoms in total. The summed E-state index contributed by atoms with van der Waals surface area (Å²) in [5.41, 5.74) is 5.26. The van der Waals surface area contributed by atoms with Crippen LogP contribution in [0, 0.1) is 0 Å². The Morgan fingerprint density at radius 3 is 2.03 bits per heavy atom. The predicted molar refractivity (Wildman–Crippen MR) is 128 cm³/mol. The molecule has 0 fully saturated rings. The monoisotopic (exact) mass is 520 g/mol. The quantitative estimate of drug-likeness (QED) is 0.261. The van der Waals surface area contributed by atoms with Crippen molar-refractivity contribution in [2.24, 2.45) is 5.73 Å². The molecule has 4 rings (SSSR count). The second-order valence-electron chi connectivity index (χ2n) is 7.81. The van der Waals surface area contributed by atoms with Crippen LogP contribution < -0.4 is 16.4 Å². The summed E-state index contributed by atoms with van der Waals surface area (Å²) in [6, 6.07) is 16.5. The standard InChI is InChI=1S/C18H14F3N3O.C8H8F3N/c19-18(20,21)14-5-1-3-12(9-14)10-23-17(25)24-16-6-2-4-13-11-22-8-7-15(13)16;9-8(10,11)7-3-1-2-6(4-7)5-12/h1-9,11H,10H2,(H2,23,24,25);1-4H,5,12H2. The van der Waals surface area contributed by atoms with Crippen LogP contribution in [0.1, 0.15) is 22.3 Å². The lowest BCUT2D eigenvalue weighted by Gasteiger charge is -2.11. The van der Waals surface area contributed by atoms with Crippen LogP contribution in [0.3, 0.4) is 0 Å². The molecule has 3 aromatic carbocycles. The fraction of sp³-hybridized carbons (Fsp3) is 0.154. The number of nitrogens with zero attached hydrogens (tertiary/aromatic N) is 1. The minimum atomic E-state index is -4.41. The largest absolute Gasteiger partial charge is 0.416 e. The Kier molecular flexibility index (Phi) is 8.72. The number of anilines is 1. The summed E-state index contributed by atoms with van der Waals surface area (Å²) < 4.78 is 74.3. The molecule has 4 N–H and O–H groups in total. The molecule has 1 aromatic heterocycles. The summed E-state index contributed by atoms with van der Waals surface area (Å²) >= 11 is 0. The first-order valence-corrected chi connectivity index (χ1v) is 10.9. The molecular formula is C26H22F6N4O. The number of rotatable bonds is 4. The van der Waals surface area contributed by atoms with Crippen LogP contribution in [-0.4, -0.2) is 11.0 Å². The Hall–Kier alpha value is -4.12. The fourth-order valence-corrected chi connectivity index (χ4v) is 3.31. The zero-order valence-corrected chi connectivity index (χ0v) is 19.2. The van der Waals surface area contributed by atoms with Gasteiger partial charge in [0, 0.05) is 36.3 Å². The highest BCUT2D eigenvalue weighted by molar-refractivity contribution is 6.01. The second-order valence-corrected chi connectivity index (χ2v) is 7.81. The van der Waals surface area contributed by atoms with Crippen LogP contribution in [0.5, 0.6) is 0 Å². The minimum Gasteiger partial charge on any atom is -0.334 e. The van der Waals surface area contributed by atoms with Crippen LogP contribution in [-0.2, 0) is 25.4 Å². The number of alkyl halides is 6. The Morgan fingerprint density at radius 1 is 0.811 bits per heavy atom. The van der Waals surface area contributed by atoms with Gasteiger partial charge in [-0.1, -0.05) is 42.5 Å². The number of pyridine rings is 1. The molecule has 1 heterocycles. The first-order valence-electron chi connectivity index (χ1n) is 10.9. The summed E-state index contributed by atoms with van der Waals surface area (Å²) in [7, 11) is 0. The van der Waals surface area contributed by atoms with E-state index in [9.17, 15) is 31.1 Å². The highest BCUT2D eigenvalue weighted by atomic mass is 19.4. The van der Waals surface area contributed by atoms with Gasteiger partial charge in [0.1, 0.15) is 0 Å². The van der Waals surface area contributed by atoms with Gasteiger partial charge in [-0.2, -0.15) is 26.3 Å². The van der Waals surface area contributed by atoms with E-state index in [1.54, 1.807) is 36.7 Å². The molecule has 0 aliphatic rings. The third-order valence-corrected chi connectivity index (χ3v) is 5.13. The van der Waals surface area contributed by atoms with E-state index in [1.165, 1.54) is 18.2 Å². The molecule has 0 saturated carbocycles. The maximum atomic E-state index is 12.7. The topological polar surface area (TPSA) is 80.0 Å². The van der Waals surface area contributed by atoms with Gasteiger partial charge < -0.3 is 16.4 Å². The third-order valence-electron chi connectivity index (χ3n) is 5.13. The maximum absolute atomic E-state index is 12.7. The molecule has 0 saturated heterocycles. The van der Waals surface area contributed by atoms with Gasteiger partial charge in [-0.05, 0) is 41.5 Å². The van der Waals surface area contributed by atoms with E-state index in [4.69, 9.17) is 5.73 Å². The first kappa shape index (κ1) is 27.5. The highest BCUT2D eigenvalue weighted by Gasteiger charge is 2.31. The predicted octanol–water partition coefficient (Wildman–Crippen LogP) is 6.74. The van der Waals surface area contributed by atoms with Crippen molar-refractivity contribution in [2.75, 3.05) is 5.32 Å². The van der Waals surface area contributed by atoms with Crippen LogP contribution >= 0.6 is 0 Å². The van der Waals surface area contributed by atoms with Crippen molar-refractivity contribution in [3.8, 4) is 0 Å². The lowest BCUT2D eigenvalue weighted by Crippen LogP contribution is -2.28. The van der Waals surface area contributed by atoms with E-state index in [1.807, 2.05) is 6.07 Å². The fourth-order valence-electron chi connectivity index (χ4n) is 3.31. The van der Waals surface area contributed by atoms with Crippen LogP contribution in [0.15, 0.2) is 85.2 Å². The third kappa shape index (κ3) is 7.94. The lowest BCUT2D eigenvalue weighted by atomic mass is 10.1. The molecular weight excluding hydrogens is 498 g/mol. The molecule has 37 heavy (non-hydrogen) atoms. The molecule has 0 bridgehead atoms. The van der Waals surface area contributed by atoms with E-state index in [0.717, 1.165) is 35.0 Å². The number of amides is 2. The Balaban J connectivity index is 0.000000266. The molecule has 0 spiro atoms. The zero-order chi connectivity index (χ0) is 27.1. The van der Waals surface area contributed by atoms with Crippen molar-refractivity contribution in [1.82, 2.24) is 10.3 Å². The summed E-state index contributed by atoms with van der Waals surface area (Å²) in [5, 5.41) is 6.96. The van der Waals surface area contributed by atoms with E-state index in [2.05, 4.69) is 15.6 Å². The number of fused-ring (bicyclic) bond motifs is 1. The smallest absolute Gasteiger partial charge is 0.334 e. The zero-order valence-electron chi connectivity index (χ0n) is 19.2. The summed E-state index contributed by atoms with van der Waals surface area (Å²) in [6.45, 7) is 0.117. The van der Waals surface area contributed by atoms with E-state index >= 15 is 0 Å². The number of halogens is 6. The van der Waals surface area contributed by atoms with Gasteiger partial charge in [0.25, 0.3) is 0 Å². The van der Waals surface area contributed by atoms with Crippen molar-refractivity contribution < 1.29 is 31.1 Å². The van der Waals surface area contributed by atoms with E-state index < -0.39 is 29.5 Å².